The molecule has 0 amide bonds. The van der Waals surface area contributed by atoms with Crippen molar-refractivity contribution in [1.82, 2.24) is 5.32 Å². The third-order valence-corrected chi connectivity index (χ3v) is 5.54. The highest BCUT2D eigenvalue weighted by Gasteiger charge is 2.17. The molecule has 0 spiro atoms. The smallest absolute Gasteiger partial charge is 0.238 e. The van der Waals surface area contributed by atoms with Crippen LogP contribution in [0.4, 0.5) is 5.69 Å². The molecular weight excluding hydrogens is 287 g/mol. The summed E-state index contributed by atoms with van der Waals surface area (Å²) in [5.74, 6) is 0.919. The van der Waals surface area contributed by atoms with Crippen LogP contribution in [0.1, 0.15) is 0 Å². The molecule has 1 heterocycles. The van der Waals surface area contributed by atoms with Crippen molar-refractivity contribution in [3.05, 3.63) is 30.3 Å². The summed E-state index contributed by atoms with van der Waals surface area (Å²) in [6.07, 6.45) is 0. The van der Waals surface area contributed by atoms with Crippen molar-refractivity contribution in [3.63, 3.8) is 0 Å². The van der Waals surface area contributed by atoms with Gasteiger partial charge in [-0.2, -0.15) is 0 Å². The quantitative estimate of drug-likeness (QED) is 0.495. The average Bonchev–Trinajstić information content (AvgIpc) is 2.89. The Labute approximate surface area is 117 Å². The minimum absolute atomic E-state index is 0.642. The van der Waals surface area contributed by atoms with Gasteiger partial charge in [-0.1, -0.05) is 29.6 Å². The van der Waals surface area contributed by atoms with Crippen molar-refractivity contribution in [2.45, 2.75) is 0 Å². The lowest BCUT2D eigenvalue weighted by Gasteiger charge is -2.11. The molecule has 1 fully saturated rings. The first-order valence-electron chi connectivity index (χ1n) is 5.63. The largest absolute Gasteiger partial charge is 0.362 e. The first kappa shape index (κ1) is 14.0. The number of thiocarbonyl (C=S) groups is 1. The minimum atomic E-state index is -0.711. The summed E-state index contributed by atoms with van der Waals surface area (Å²) in [5.41, 5.74) is 0.995. The number of hydrogen-bond acceptors (Lipinski definition) is 4. The molecule has 1 saturated heterocycles. The first-order chi connectivity index (χ1) is 8.84. The van der Waals surface area contributed by atoms with Gasteiger partial charge >= 0.3 is 0 Å². The zero-order valence-electron chi connectivity index (χ0n) is 9.80. The normalized spacial score (nSPS) is 15.6. The van der Waals surface area contributed by atoms with E-state index in [2.05, 4.69) is 10.6 Å². The van der Waals surface area contributed by atoms with Gasteiger partial charge in [0.1, 0.15) is 0 Å². The fourth-order valence-corrected chi connectivity index (χ4v) is 4.17. The van der Waals surface area contributed by atoms with E-state index in [1.807, 2.05) is 30.3 Å². The van der Waals surface area contributed by atoms with Crippen LogP contribution in [0.3, 0.4) is 0 Å². The summed E-state index contributed by atoms with van der Waals surface area (Å²) < 4.78 is 10.8. The average molecular weight is 302 g/mol. The van der Waals surface area contributed by atoms with E-state index < -0.39 is 7.58 Å². The van der Waals surface area contributed by atoms with Crippen LogP contribution in [0.5, 0.6) is 0 Å². The summed E-state index contributed by atoms with van der Waals surface area (Å²) in [6.45, 7) is 2.25. The fraction of sp³-hybridized carbons (Fsp3) is 0.364. The first-order valence-corrected chi connectivity index (χ1v) is 8.81. The van der Waals surface area contributed by atoms with Gasteiger partial charge in [0, 0.05) is 18.0 Å². The van der Waals surface area contributed by atoms with Gasteiger partial charge in [0.2, 0.25) is 7.58 Å². The predicted octanol–water partition coefficient (Wildman–Crippen LogP) is 2.98. The van der Waals surface area contributed by atoms with E-state index in [1.54, 1.807) is 11.4 Å². The zero-order chi connectivity index (χ0) is 12.6. The van der Waals surface area contributed by atoms with Gasteiger partial charge < -0.3 is 19.7 Å². The monoisotopic (exact) mass is 302 g/mol. The molecule has 0 unspecified atom stereocenters. The van der Waals surface area contributed by atoms with Crippen LogP contribution in [0.25, 0.3) is 0 Å². The zero-order valence-corrected chi connectivity index (χ0v) is 12.3. The van der Waals surface area contributed by atoms with Crippen molar-refractivity contribution in [2.75, 3.05) is 30.8 Å². The Hall–Kier alpha value is -0.390. The third-order valence-electron chi connectivity index (χ3n) is 2.09. The van der Waals surface area contributed by atoms with E-state index in [1.165, 1.54) is 0 Å². The number of nitrogens with one attached hydrogen (secondary N) is 2. The Morgan fingerprint density at radius 3 is 2.72 bits per heavy atom. The molecular formula is C11H15N2O2PS2. The van der Waals surface area contributed by atoms with Gasteiger partial charge in [-0.05, 0) is 24.4 Å². The van der Waals surface area contributed by atoms with Crippen molar-refractivity contribution in [1.29, 1.82) is 0 Å². The van der Waals surface area contributed by atoms with Crippen molar-refractivity contribution < 1.29 is 9.05 Å². The molecule has 2 N–H and O–H groups in total. The lowest BCUT2D eigenvalue weighted by atomic mass is 10.3. The Morgan fingerprint density at radius 1 is 1.28 bits per heavy atom. The molecule has 0 aliphatic carbocycles. The van der Waals surface area contributed by atoms with Gasteiger partial charge in [-0.3, -0.25) is 0 Å². The molecule has 1 aromatic rings. The van der Waals surface area contributed by atoms with Crippen LogP contribution in [0, 0.1) is 0 Å². The molecule has 1 aliphatic heterocycles. The van der Waals surface area contributed by atoms with Crippen molar-refractivity contribution in [2.24, 2.45) is 0 Å². The Morgan fingerprint density at radius 2 is 2.00 bits per heavy atom. The van der Waals surface area contributed by atoms with Crippen LogP contribution >= 0.6 is 31.2 Å². The molecule has 0 saturated carbocycles. The third kappa shape index (κ3) is 5.08. The standard InChI is InChI=1S/C11H15N2O2PS2/c17-11(13-10-4-2-1-3-5-10)12-6-9-18-16-14-7-8-15-16/h1-5H,6-9H2,(H2,12,13,17). The van der Waals surface area contributed by atoms with Crippen LogP contribution in [-0.2, 0) is 9.05 Å². The number of anilines is 1. The Kier molecular flexibility index (Phi) is 6.17. The fourth-order valence-electron chi connectivity index (χ4n) is 1.32. The maximum Gasteiger partial charge on any atom is 0.238 e. The summed E-state index contributed by atoms with van der Waals surface area (Å²) in [6, 6.07) is 9.87. The maximum atomic E-state index is 5.38. The summed E-state index contributed by atoms with van der Waals surface area (Å²) >= 11 is 6.90. The van der Waals surface area contributed by atoms with E-state index in [9.17, 15) is 0 Å². The number of benzene rings is 1. The predicted molar refractivity (Wildman–Crippen MR) is 81.9 cm³/mol. The molecule has 0 aromatic heterocycles. The summed E-state index contributed by atoms with van der Waals surface area (Å²) in [4.78, 5) is 0. The Bertz CT molecular complexity index is 375. The van der Waals surface area contributed by atoms with Crippen LogP contribution in [0.2, 0.25) is 0 Å². The van der Waals surface area contributed by atoms with Gasteiger partial charge in [0.05, 0.1) is 13.2 Å². The van der Waals surface area contributed by atoms with Crippen LogP contribution in [-0.4, -0.2) is 30.6 Å². The van der Waals surface area contributed by atoms with Crippen LogP contribution < -0.4 is 10.6 Å². The molecule has 7 heteroatoms. The highest BCUT2D eigenvalue weighted by Crippen LogP contribution is 2.54. The van der Waals surface area contributed by atoms with E-state index in [-0.39, 0.29) is 0 Å². The molecule has 1 aromatic carbocycles. The number of rotatable bonds is 5. The second-order valence-electron chi connectivity index (χ2n) is 3.47. The molecule has 0 atom stereocenters. The minimum Gasteiger partial charge on any atom is -0.362 e. The van der Waals surface area contributed by atoms with E-state index in [4.69, 9.17) is 21.3 Å². The Balaban J connectivity index is 1.57. The van der Waals surface area contributed by atoms with Gasteiger partial charge in [-0.15, -0.1) is 0 Å². The number of para-hydroxylation sites is 1. The number of hydrogen-bond donors (Lipinski definition) is 2. The summed E-state index contributed by atoms with van der Waals surface area (Å²) in [7, 11) is -0.711. The van der Waals surface area contributed by atoms with Crippen molar-refractivity contribution >= 4 is 42.0 Å². The SMILES string of the molecule is S=C(NCCSP1OCCO1)Nc1ccccc1. The molecule has 2 rings (SSSR count). The molecule has 1 aliphatic rings. The van der Waals surface area contributed by atoms with Gasteiger partial charge in [0.25, 0.3) is 0 Å². The van der Waals surface area contributed by atoms with E-state index >= 15 is 0 Å². The van der Waals surface area contributed by atoms with E-state index in [0.29, 0.717) is 5.11 Å². The van der Waals surface area contributed by atoms with E-state index in [0.717, 1.165) is 31.2 Å². The molecule has 18 heavy (non-hydrogen) atoms. The molecule has 98 valence electrons. The second-order valence-corrected chi connectivity index (χ2v) is 7.18. The maximum absolute atomic E-state index is 5.38. The summed E-state index contributed by atoms with van der Waals surface area (Å²) in [5, 5.41) is 6.92. The molecule has 0 bridgehead atoms. The second kappa shape index (κ2) is 7.92. The highest BCUT2D eigenvalue weighted by atomic mass is 32.7. The topological polar surface area (TPSA) is 42.5 Å². The molecule has 4 nitrogen and oxygen atoms in total. The van der Waals surface area contributed by atoms with Crippen LogP contribution in [0.15, 0.2) is 30.3 Å². The lowest BCUT2D eigenvalue weighted by molar-refractivity contribution is 0.365. The van der Waals surface area contributed by atoms with Gasteiger partial charge in [0.15, 0.2) is 5.11 Å². The van der Waals surface area contributed by atoms with Crippen molar-refractivity contribution in [3.8, 4) is 0 Å². The highest BCUT2D eigenvalue weighted by molar-refractivity contribution is 8.52. The van der Waals surface area contributed by atoms with Gasteiger partial charge in [-0.25, -0.2) is 0 Å². The lowest BCUT2D eigenvalue weighted by Crippen LogP contribution is -2.30. The molecule has 0 radical (unpaired) electrons.